The van der Waals surface area contributed by atoms with Crippen LogP contribution in [0.5, 0.6) is 0 Å². The number of likely N-dealkylation sites (tertiary alicyclic amines) is 1. The Morgan fingerprint density at radius 2 is 1.70 bits per heavy atom. The van der Waals surface area contributed by atoms with Gasteiger partial charge in [-0.1, -0.05) is 26.8 Å². The topological polar surface area (TPSA) is 49.8 Å². The molecule has 0 radical (unpaired) electrons. The Morgan fingerprint density at radius 1 is 1.20 bits per heavy atom. The average molecular weight is 287 g/mol. The van der Waals surface area contributed by atoms with Gasteiger partial charge in [0.15, 0.2) is 0 Å². The molecule has 0 aromatic carbocycles. The molecule has 1 N–H and O–H groups in total. The van der Waals surface area contributed by atoms with Crippen LogP contribution < -0.4 is 0 Å². The van der Waals surface area contributed by atoms with Gasteiger partial charge in [0.1, 0.15) is 5.60 Å². The second kappa shape index (κ2) is 12.8. The molecule has 1 heterocycles. The Balaban J connectivity index is 0. The first-order valence-corrected chi connectivity index (χ1v) is 7.68. The zero-order valence-corrected chi connectivity index (χ0v) is 14.1. The maximum absolute atomic E-state index is 11.5. The number of amides is 1. The SMILES string of the molecule is CC.CC(C)(C)OC(=O)N1CCCCC1.CC/C=C/O. The molecule has 4 nitrogen and oxygen atoms in total. The van der Waals surface area contributed by atoms with Gasteiger partial charge in [-0.2, -0.15) is 0 Å². The first-order chi connectivity index (χ1) is 9.40. The van der Waals surface area contributed by atoms with E-state index in [0.29, 0.717) is 0 Å². The minimum atomic E-state index is -0.367. The van der Waals surface area contributed by atoms with E-state index in [0.717, 1.165) is 38.6 Å². The maximum Gasteiger partial charge on any atom is 0.410 e. The van der Waals surface area contributed by atoms with E-state index in [-0.39, 0.29) is 11.7 Å². The summed E-state index contributed by atoms with van der Waals surface area (Å²) in [4.78, 5) is 13.3. The van der Waals surface area contributed by atoms with Gasteiger partial charge in [0.2, 0.25) is 0 Å². The standard InChI is InChI=1S/C10H19NO2.C4H8O.C2H6/c1-10(2,3)13-9(12)11-7-5-4-6-8-11;1-2-3-4-5;1-2/h4-8H2,1-3H3;3-5H,2H2,1H3;1-2H3/b;4-3+;. The van der Waals surface area contributed by atoms with Gasteiger partial charge in [0.25, 0.3) is 0 Å². The van der Waals surface area contributed by atoms with E-state index in [4.69, 9.17) is 9.84 Å². The van der Waals surface area contributed by atoms with Crippen molar-refractivity contribution >= 4 is 6.09 Å². The van der Waals surface area contributed by atoms with Crippen LogP contribution >= 0.6 is 0 Å². The number of carbonyl (C=O) groups is 1. The highest BCUT2D eigenvalue weighted by atomic mass is 16.6. The Kier molecular flexibility index (Phi) is 13.5. The van der Waals surface area contributed by atoms with Gasteiger partial charge >= 0.3 is 6.09 Å². The molecular weight excluding hydrogens is 254 g/mol. The zero-order chi connectivity index (χ0) is 16.0. The summed E-state index contributed by atoms with van der Waals surface area (Å²) < 4.78 is 5.26. The van der Waals surface area contributed by atoms with Crippen molar-refractivity contribution < 1.29 is 14.6 Å². The van der Waals surface area contributed by atoms with Crippen molar-refractivity contribution in [1.82, 2.24) is 4.90 Å². The molecule has 4 heteroatoms. The zero-order valence-electron chi connectivity index (χ0n) is 14.1. The maximum atomic E-state index is 11.5. The number of rotatable bonds is 1. The number of hydrogen-bond donors (Lipinski definition) is 1. The molecule has 1 aliphatic heterocycles. The van der Waals surface area contributed by atoms with E-state index in [2.05, 4.69) is 0 Å². The number of hydrogen-bond acceptors (Lipinski definition) is 3. The normalized spacial score (nSPS) is 14.8. The number of piperidine rings is 1. The number of carbonyl (C=O) groups excluding carboxylic acids is 1. The summed E-state index contributed by atoms with van der Waals surface area (Å²) in [6, 6.07) is 0. The van der Waals surface area contributed by atoms with Crippen LogP contribution in [-0.2, 0) is 4.74 Å². The van der Waals surface area contributed by atoms with E-state index >= 15 is 0 Å². The largest absolute Gasteiger partial charge is 0.516 e. The van der Waals surface area contributed by atoms with Crippen LogP contribution in [-0.4, -0.2) is 34.8 Å². The van der Waals surface area contributed by atoms with Crippen LogP contribution in [0.15, 0.2) is 12.3 Å². The average Bonchev–Trinajstić information content (AvgIpc) is 2.42. The monoisotopic (exact) mass is 287 g/mol. The lowest BCUT2D eigenvalue weighted by Crippen LogP contribution is -2.39. The molecule has 1 amide bonds. The minimum Gasteiger partial charge on any atom is -0.516 e. The quantitative estimate of drug-likeness (QED) is 0.698. The molecule has 0 saturated carbocycles. The lowest BCUT2D eigenvalue weighted by Gasteiger charge is -2.29. The molecule has 20 heavy (non-hydrogen) atoms. The van der Waals surface area contributed by atoms with Gasteiger partial charge in [-0.3, -0.25) is 0 Å². The Labute approximate surface area is 124 Å². The van der Waals surface area contributed by atoms with Crippen molar-refractivity contribution in [3.63, 3.8) is 0 Å². The molecule has 1 aliphatic rings. The molecule has 1 rings (SSSR count). The number of aliphatic hydroxyl groups excluding tert-OH is 1. The molecule has 0 atom stereocenters. The van der Waals surface area contributed by atoms with Gasteiger partial charge in [0, 0.05) is 13.1 Å². The fourth-order valence-corrected chi connectivity index (χ4v) is 1.51. The van der Waals surface area contributed by atoms with Gasteiger partial charge < -0.3 is 14.7 Å². The lowest BCUT2D eigenvalue weighted by molar-refractivity contribution is 0.0216. The van der Waals surface area contributed by atoms with Gasteiger partial charge in [-0.15, -0.1) is 0 Å². The second-order valence-corrected chi connectivity index (χ2v) is 5.32. The van der Waals surface area contributed by atoms with Crippen molar-refractivity contribution in [2.45, 2.75) is 72.8 Å². The van der Waals surface area contributed by atoms with Crippen LogP contribution in [0.1, 0.15) is 67.2 Å². The highest BCUT2D eigenvalue weighted by Gasteiger charge is 2.22. The number of allylic oxidation sites excluding steroid dienone is 1. The first-order valence-electron chi connectivity index (χ1n) is 7.68. The summed E-state index contributed by atoms with van der Waals surface area (Å²) in [5, 5.41) is 7.89. The van der Waals surface area contributed by atoms with Gasteiger partial charge in [-0.05, 0) is 46.5 Å². The van der Waals surface area contributed by atoms with Crippen LogP contribution in [0.3, 0.4) is 0 Å². The predicted molar refractivity (Wildman–Crippen MR) is 85.1 cm³/mol. The molecule has 0 bridgehead atoms. The number of nitrogens with zero attached hydrogens (tertiary/aromatic N) is 1. The van der Waals surface area contributed by atoms with Crippen LogP contribution in [0, 0.1) is 0 Å². The minimum absolute atomic E-state index is 0.160. The molecule has 1 saturated heterocycles. The van der Waals surface area contributed by atoms with Crippen LogP contribution in [0.2, 0.25) is 0 Å². The summed E-state index contributed by atoms with van der Waals surface area (Å²) >= 11 is 0. The third-order valence-electron chi connectivity index (χ3n) is 2.35. The molecule has 0 aromatic rings. The third kappa shape index (κ3) is 13.2. The summed E-state index contributed by atoms with van der Waals surface area (Å²) in [6.07, 6.45) is 6.95. The third-order valence-corrected chi connectivity index (χ3v) is 2.35. The molecule has 0 spiro atoms. The predicted octanol–water partition coefficient (Wildman–Crippen LogP) is 4.90. The first kappa shape index (κ1) is 21.1. The van der Waals surface area contributed by atoms with E-state index in [1.807, 2.05) is 41.5 Å². The van der Waals surface area contributed by atoms with Gasteiger partial charge in [-0.25, -0.2) is 4.79 Å². The van der Waals surface area contributed by atoms with Gasteiger partial charge in [0.05, 0.1) is 6.26 Å². The van der Waals surface area contributed by atoms with Crippen molar-refractivity contribution in [2.75, 3.05) is 13.1 Å². The summed E-state index contributed by atoms with van der Waals surface area (Å²) in [6.45, 7) is 13.4. The van der Waals surface area contributed by atoms with Crippen molar-refractivity contribution in [2.24, 2.45) is 0 Å². The Hall–Kier alpha value is -1.19. The molecule has 0 aromatic heterocycles. The van der Waals surface area contributed by atoms with Crippen molar-refractivity contribution in [1.29, 1.82) is 0 Å². The van der Waals surface area contributed by atoms with Crippen LogP contribution in [0.4, 0.5) is 4.79 Å². The number of aliphatic hydroxyl groups is 1. The van der Waals surface area contributed by atoms with E-state index in [1.54, 1.807) is 11.0 Å². The number of ether oxygens (including phenoxy) is 1. The smallest absolute Gasteiger partial charge is 0.410 e. The Bertz CT molecular complexity index is 251. The lowest BCUT2D eigenvalue weighted by atomic mass is 10.1. The molecule has 0 aliphatic carbocycles. The second-order valence-electron chi connectivity index (χ2n) is 5.32. The van der Waals surface area contributed by atoms with E-state index < -0.39 is 0 Å². The van der Waals surface area contributed by atoms with Crippen LogP contribution in [0.25, 0.3) is 0 Å². The molecular formula is C16H33NO3. The van der Waals surface area contributed by atoms with E-state index in [9.17, 15) is 4.79 Å². The molecule has 120 valence electrons. The molecule has 1 fully saturated rings. The molecule has 0 unspecified atom stereocenters. The van der Waals surface area contributed by atoms with Crippen molar-refractivity contribution in [3.05, 3.63) is 12.3 Å². The summed E-state index contributed by atoms with van der Waals surface area (Å²) in [5.74, 6) is 0. The van der Waals surface area contributed by atoms with Crippen molar-refractivity contribution in [3.8, 4) is 0 Å². The van der Waals surface area contributed by atoms with E-state index in [1.165, 1.54) is 6.42 Å². The Morgan fingerprint density at radius 3 is 2.00 bits per heavy atom. The summed E-state index contributed by atoms with van der Waals surface area (Å²) in [7, 11) is 0. The highest BCUT2D eigenvalue weighted by molar-refractivity contribution is 5.68. The highest BCUT2D eigenvalue weighted by Crippen LogP contribution is 2.14. The summed E-state index contributed by atoms with van der Waals surface area (Å²) in [5.41, 5.74) is -0.367. The fraction of sp³-hybridized carbons (Fsp3) is 0.812. The fourth-order valence-electron chi connectivity index (χ4n) is 1.51.